The van der Waals surface area contributed by atoms with Gasteiger partial charge in [0.2, 0.25) is 5.88 Å². The molecule has 0 fully saturated rings. The number of nitrogens with two attached hydrogens (primary N) is 1. The SMILES string of the molecule is COCC1Cn2ncc(S(N)(=O)=NC(=O)Nc3c4c(c(F)c5c3CCC5)CCC4)c2O1. The maximum Gasteiger partial charge on any atom is 0.354 e. The van der Waals surface area contributed by atoms with Crippen molar-refractivity contribution in [2.75, 3.05) is 19.0 Å². The Morgan fingerprint density at radius 3 is 2.61 bits per heavy atom. The smallest absolute Gasteiger partial charge is 0.354 e. The Labute approximate surface area is 179 Å². The molecule has 2 heterocycles. The lowest BCUT2D eigenvalue weighted by Gasteiger charge is -2.16. The van der Waals surface area contributed by atoms with Gasteiger partial charge in [-0.1, -0.05) is 0 Å². The van der Waals surface area contributed by atoms with E-state index in [1.54, 1.807) is 7.11 Å². The van der Waals surface area contributed by atoms with Crippen LogP contribution in [0.4, 0.5) is 14.9 Å². The second kappa shape index (κ2) is 7.57. The number of halogens is 1. The topological polar surface area (TPSA) is 121 Å². The number of hydrogen-bond donors (Lipinski definition) is 2. The fourth-order valence-corrected chi connectivity index (χ4v) is 5.80. The van der Waals surface area contributed by atoms with E-state index in [0.717, 1.165) is 24.0 Å². The zero-order valence-corrected chi connectivity index (χ0v) is 18.0. The van der Waals surface area contributed by atoms with Gasteiger partial charge in [-0.3, -0.25) is 0 Å². The highest BCUT2D eigenvalue weighted by atomic mass is 32.2. The van der Waals surface area contributed by atoms with Gasteiger partial charge in [0.05, 0.1) is 19.3 Å². The summed E-state index contributed by atoms with van der Waals surface area (Å²) < 4.78 is 44.0. The number of ether oxygens (including phenoxy) is 2. The number of anilines is 1. The lowest BCUT2D eigenvalue weighted by Crippen LogP contribution is -2.22. The summed E-state index contributed by atoms with van der Waals surface area (Å²) in [7, 11) is -2.04. The molecule has 0 saturated carbocycles. The normalized spacial score (nSPS) is 20.5. The molecule has 166 valence electrons. The molecule has 0 saturated heterocycles. The first-order valence-corrected chi connectivity index (χ1v) is 11.9. The van der Waals surface area contributed by atoms with Gasteiger partial charge in [0, 0.05) is 12.8 Å². The number of benzene rings is 1. The summed E-state index contributed by atoms with van der Waals surface area (Å²) in [5, 5.41) is 12.9. The van der Waals surface area contributed by atoms with Crippen molar-refractivity contribution >= 4 is 21.6 Å². The first kappa shape index (κ1) is 20.4. The molecule has 0 bridgehead atoms. The maximum atomic E-state index is 14.8. The highest BCUT2D eigenvalue weighted by molar-refractivity contribution is 7.91. The first-order chi connectivity index (χ1) is 14.9. The van der Waals surface area contributed by atoms with Crippen LogP contribution in [-0.4, -0.2) is 39.8 Å². The zero-order valence-electron chi connectivity index (χ0n) is 17.1. The summed E-state index contributed by atoms with van der Waals surface area (Å²) in [4.78, 5) is 12.8. The van der Waals surface area contributed by atoms with Crippen molar-refractivity contribution in [3.8, 4) is 5.88 Å². The van der Waals surface area contributed by atoms with E-state index >= 15 is 0 Å². The van der Waals surface area contributed by atoms with E-state index in [1.165, 1.54) is 10.9 Å². The molecule has 3 aliphatic rings. The predicted molar refractivity (Wildman–Crippen MR) is 111 cm³/mol. The second-order valence-electron chi connectivity index (χ2n) is 8.09. The van der Waals surface area contributed by atoms with E-state index in [2.05, 4.69) is 14.8 Å². The van der Waals surface area contributed by atoms with E-state index in [0.29, 0.717) is 55.6 Å². The molecule has 1 aromatic carbocycles. The van der Waals surface area contributed by atoms with Gasteiger partial charge in [0.1, 0.15) is 16.8 Å². The molecule has 2 amide bonds. The standard InChI is InChI=1S/C20H24FN5O4S/c1-29-10-11-9-26-19(30-11)16(8-23-26)31(22,28)25-20(27)24-18-14-6-2-4-12(14)17(21)13-5-3-7-15(13)18/h8,11H,2-7,9-10H2,1H3,(H3,22,24,25,27,28). The number of methoxy groups -OCH3 is 1. The first-order valence-electron chi connectivity index (χ1n) is 10.3. The number of aromatic nitrogens is 2. The van der Waals surface area contributed by atoms with E-state index in [1.807, 2.05) is 0 Å². The van der Waals surface area contributed by atoms with Gasteiger partial charge in [0.15, 0.2) is 9.92 Å². The van der Waals surface area contributed by atoms with Gasteiger partial charge >= 0.3 is 6.03 Å². The van der Waals surface area contributed by atoms with Gasteiger partial charge in [-0.15, -0.1) is 4.36 Å². The predicted octanol–water partition coefficient (Wildman–Crippen LogP) is 2.34. The molecule has 2 aliphatic carbocycles. The van der Waals surface area contributed by atoms with Crippen molar-refractivity contribution in [3.05, 3.63) is 34.3 Å². The number of urea groups is 1. The molecule has 11 heteroatoms. The third kappa shape index (κ3) is 3.40. The van der Waals surface area contributed by atoms with Crippen LogP contribution in [0.5, 0.6) is 5.88 Å². The quantitative estimate of drug-likeness (QED) is 0.742. The fourth-order valence-electron chi connectivity index (χ4n) is 4.81. The minimum atomic E-state index is -3.60. The van der Waals surface area contributed by atoms with Crippen LogP contribution >= 0.6 is 0 Å². The summed E-state index contributed by atoms with van der Waals surface area (Å²) in [6.07, 6.45) is 5.41. The third-order valence-corrected chi connectivity index (χ3v) is 7.45. The minimum Gasteiger partial charge on any atom is -0.469 e. The summed E-state index contributed by atoms with van der Waals surface area (Å²) in [6, 6.07) is -0.825. The average molecular weight is 450 g/mol. The fraction of sp³-hybridized carbons (Fsp3) is 0.500. The average Bonchev–Trinajstić information content (AvgIpc) is 3.47. The molecule has 5 rings (SSSR count). The van der Waals surface area contributed by atoms with Crippen LogP contribution < -0.4 is 15.2 Å². The Morgan fingerprint density at radius 2 is 1.97 bits per heavy atom. The number of carbonyl (C=O) groups excluding carboxylic acids is 1. The summed E-state index contributed by atoms with van der Waals surface area (Å²) in [5.41, 5.74) is 3.61. The molecule has 9 nitrogen and oxygen atoms in total. The molecular formula is C20H24FN5O4S. The van der Waals surface area contributed by atoms with Crippen LogP contribution in [0.1, 0.15) is 35.1 Å². The van der Waals surface area contributed by atoms with Gasteiger partial charge in [0.25, 0.3) is 0 Å². The zero-order chi connectivity index (χ0) is 21.8. The molecule has 2 aromatic rings. The van der Waals surface area contributed by atoms with Crippen LogP contribution in [-0.2, 0) is 46.9 Å². The molecule has 31 heavy (non-hydrogen) atoms. The number of amides is 2. The van der Waals surface area contributed by atoms with Crippen LogP contribution in [0, 0.1) is 5.82 Å². The number of hydrogen-bond acceptors (Lipinski definition) is 5. The largest absolute Gasteiger partial charge is 0.469 e. The Morgan fingerprint density at radius 1 is 1.32 bits per heavy atom. The molecule has 1 aliphatic heterocycles. The summed E-state index contributed by atoms with van der Waals surface area (Å²) >= 11 is 0. The number of fused-ring (bicyclic) bond motifs is 3. The van der Waals surface area contributed by atoms with Crippen molar-refractivity contribution in [2.24, 2.45) is 9.50 Å². The van der Waals surface area contributed by atoms with Crippen molar-refractivity contribution < 1.29 is 22.9 Å². The highest BCUT2D eigenvalue weighted by Gasteiger charge is 2.32. The Kier molecular flexibility index (Phi) is 4.98. The Balaban J connectivity index is 1.45. The van der Waals surface area contributed by atoms with E-state index in [4.69, 9.17) is 14.6 Å². The highest BCUT2D eigenvalue weighted by Crippen LogP contribution is 2.41. The monoisotopic (exact) mass is 449 g/mol. The number of nitrogens with one attached hydrogen (secondary N) is 1. The van der Waals surface area contributed by atoms with Gasteiger partial charge < -0.3 is 14.8 Å². The van der Waals surface area contributed by atoms with Gasteiger partial charge in [-0.2, -0.15) is 5.10 Å². The van der Waals surface area contributed by atoms with Crippen molar-refractivity contribution in [1.82, 2.24) is 9.78 Å². The van der Waals surface area contributed by atoms with Gasteiger partial charge in [-0.05, 0) is 60.8 Å². The van der Waals surface area contributed by atoms with Crippen LogP contribution in [0.15, 0.2) is 15.5 Å². The van der Waals surface area contributed by atoms with Crippen molar-refractivity contribution in [1.29, 1.82) is 0 Å². The molecular weight excluding hydrogens is 425 g/mol. The summed E-state index contributed by atoms with van der Waals surface area (Å²) in [6.45, 7) is 0.770. The molecule has 0 radical (unpaired) electrons. The van der Waals surface area contributed by atoms with Crippen LogP contribution in [0.3, 0.4) is 0 Å². The third-order valence-electron chi connectivity index (χ3n) is 6.10. The van der Waals surface area contributed by atoms with Gasteiger partial charge in [-0.25, -0.2) is 23.2 Å². The molecule has 0 spiro atoms. The van der Waals surface area contributed by atoms with Crippen LogP contribution in [0.2, 0.25) is 0 Å². The van der Waals surface area contributed by atoms with Crippen LogP contribution in [0.25, 0.3) is 0 Å². The molecule has 3 N–H and O–H groups in total. The Bertz CT molecular complexity index is 1170. The number of carbonyl (C=O) groups is 1. The number of nitrogens with zero attached hydrogens (tertiary/aromatic N) is 3. The molecule has 1 aromatic heterocycles. The molecule has 2 atom stereocenters. The van der Waals surface area contributed by atoms with Crippen molar-refractivity contribution in [2.45, 2.75) is 56.1 Å². The number of rotatable bonds is 4. The summed E-state index contributed by atoms with van der Waals surface area (Å²) in [5.74, 6) is 0.102. The lowest BCUT2D eigenvalue weighted by molar-refractivity contribution is 0.0920. The lowest BCUT2D eigenvalue weighted by atomic mass is 9.98. The van der Waals surface area contributed by atoms with E-state index in [-0.39, 0.29) is 22.7 Å². The minimum absolute atomic E-state index is 0.0656. The maximum absolute atomic E-state index is 14.8. The van der Waals surface area contributed by atoms with Crippen molar-refractivity contribution in [3.63, 3.8) is 0 Å². The Hall–Kier alpha value is -2.50. The van der Waals surface area contributed by atoms with E-state index < -0.39 is 15.9 Å². The van der Waals surface area contributed by atoms with E-state index in [9.17, 15) is 13.4 Å². The second-order valence-corrected chi connectivity index (χ2v) is 9.85. The molecule has 2 unspecified atom stereocenters.